The molecule has 0 heterocycles. The normalized spacial score (nSPS) is 12.3. The Morgan fingerprint density at radius 3 is 2.30 bits per heavy atom. The number of benzene rings is 1. The second-order valence-corrected chi connectivity index (χ2v) is 6.21. The van der Waals surface area contributed by atoms with E-state index < -0.39 is 23.7 Å². The molecule has 1 atom stereocenters. The van der Waals surface area contributed by atoms with Gasteiger partial charge in [0.2, 0.25) is 0 Å². The molecule has 0 saturated carbocycles. The summed E-state index contributed by atoms with van der Waals surface area (Å²) in [5.41, 5.74) is 0.0394. The molecule has 0 bridgehead atoms. The van der Waals surface area contributed by atoms with Crippen LogP contribution >= 0.6 is 0 Å². The van der Waals surface area contributed by atoms with Crippen LogP contribution in [0.5, 0.6) is 5.75 Å². The molecule has 0 spiro atoms. The van der Waals surface area contributed by atoms with Crippen molar-refractivity contribution < 1.29 is 24.2 Å². The highest BCUT2D eigenvalue weighted by Crippen LogP contribution is 2.21. The van der Waals surface area contributed by atoms with Gasteiger partial charge in [-0.2, -0.15) is 0 Å². The van der Waals surface area contributed by atoms with Crippen molar-refractivity contribution in [2.75, 3.05) is 6.61 Å². The van der Waals surface area contributed by atoms with E-state index in [4.69, 9.17) is 14.6 Å². The summed E-state index contributed by atoms with van der Waals surface area (Å²) >= 11 is 0. The fraction of sp³-hybridized carbons (Fsp3) is 0.529. The molecule has 0 aliphatic carbocycles. The Bertz CT molecular complexity index is 519. The summed E-state index contributed by atoms with van der Waals surface area (Å²) in [4.78, 5) is 22.9. The fourth-order valence-electron chi connectivity index (χ4n) is 1.89. The quantitative estimate of drug-likeness (QED) is 0.802. The number of aliphatic carboxylic acids is 1. The average molecular weight is 323 g/mol. The van der Waals surface area contributed by atoms with E-state index in [1.165, 1.54) is 0 Å². The number of carbonyl (C=O) groups excluding carboxylic acids is 1. The lowest BCUT2D eigenvalue weighted by molar-refractivity contribution is -0.137. The SMILES string of the molecule is CCCOc1ccc(C(CC(=O)O)NC(=O)OC(C)(C)C)cc1. The summed E-state index contributed by atoms with van der Waals surface area (Å²) in [6, 6.07) is 6.35. The first-order valence-electron chi connectivity index (χ1n) is 7.65. The van der Waals surface area contributed by atoms with Crippen molar-refractivity contribution in [3.05, 3.63) is 29.8 Å². The molecule has 1 amide bonds. The lowest BCUT2D eigenvalue weighted by Gasteiger charge is -2.23. The number of ether oxygens (including phenoxy) is 2. The summed E-state index contributed by atoms with van der Waals surface area (Å²) in [5.74, 6) is -0.292. The maximum absolute atomic E-state index is 11.9. The highest BCUT2D eigenvalue weighted by atomic mass is 16.6. The fourth-order valence-corrected chi connectivity index (χ4v) is 1.89. The van der Waals surface area contributed by atoms with E-state index in [1.807, 2.05) is 6.92 Å². The topological polar surface area (TPSA) is 84.9 Å². The standard InChI is InChI=1S/C17H25NO5/c1-5-10-22-13-8-6-12(7-9-13)14(11-15(19)20)18-16(21)23-17(2,3)4/h6-9,14H,5,10-11H2,1-4H3,(H,18,21)(H,19,20). The van der Waals surface area contributed by atoms with Crippen LogP contribution in [0.1, 0.15) is 52.1 Å². The largest absolute Gasteiger partial charge is 0.494 e. The van der Waals surface area contributed by atoms with Gasteiger partial charge in [-0.1, -0.05) is 19.1 Å². The van der Waals surface area contributed by atoms with Crippen molar-refractivity contribution in [1.29, 1.82) is 0 Å². The third kappa shape index (κ3) is 7.54. The Labute approximate surface area is 136 Å². The number of hydrogen-bond donors (Lipinski definition) is 2. The summed E-state index contributed by atoms with van der Waals surface area (Å²) in [6.07, 6.45) is 0.0351. The van der Waals surface area contributed by atoms with Crippen LogP contribution in [0, 0.1) is 0 Å². The smallest absolute Gasteiger partial charge is 0.408 e. The molecule has 0 radical (unpaired) electrons. The van der Waals surface area contributed by atoms with E-state index in [1.54, 1.807) is 45.0 Å². The lowest BCUT2D eigenvalue weighted by Crippen LogP contribution is -2.35. The van der Waals surface area contributed by atoms with Gasteiger partial charge in [-0.3, -0.25) is 4.79 Å². The third-order valence-corrected chi connectivity index (χ3v) is 2.83. The van der Waals surface area contributed by atoms with E-state index in [9.17, 15) is 9.59 Å². The van der Waals surface area contributed by atoms with Crippen molar-refractivity contribution in [3.8, 4) is 5.75 Å². The maximum atomic E-state index is 11.9. The van der Waals surface area contributed by atoms with Crippen LogP contribution in [0.15, 0.2) is 24.3 Å². The third-order valence-electron chi connectivity index (χ3n) is 2.83. The zero-order valence-corrected chi connectivity index (χ0v) is 14.1. The predicted octanol–water partition coefficient (Wildman–Crippen LogP) is 3.52. The summed E-state index contributed by atoms with van der Waals surface area (Å²) in [6.45, 7) is 7.88. The van der Waals surface area contributed by atoms with Crippen molar-refractivity contribution >= 4 is 12.1 Å². The van der Waals surface area contributed by atoms with Gasteiger partial charge in [-0.25, -0.2) is 4.79 Å². The highest BCUT2D eigenvalue weighted by Gasteiger charge is 2.22. The van der Waals surface area contributed by atoms with Crippen LogP contribution in [0.25, 0.3) is 0 Å². The van der Waals surface area contributed by atoms with Gasteiger partial charge in [0.1, 0.15) is 11.4 Å². The number of alkyl carbamates (subject to hydrolysis) is 1. The molecule has 1 aromatic rings. The van der Waals surface area contributed by atoms with Gasteiger partial charge in [-0.15, -0.1) is 0 Å². The molecule has 0 aliphatic rings. The van der Waals surface area contributed by atoms with E-state index in [-0.39, 0.29) is 6.42 Å². The molecule has 128 valence electrons. The molecular formula is C17H25NO5. The van der Waals surface area contributed by atoms with Crippen LogP contribution in [-0.2, 0) is 9.53 Å². The Hall–Kier alpha value is -2.24. The first-order chi connectivity index (χ1) is 10.7. The van der Waals surface area contributed by atoms with Gasteiger partial charge in [0.25, 0.3) is 0 Å². The molecule has 0 fully saturated rings. The molecular weight excluding hydrogens is 298 g/mol. The predicted molar refractivity (Wildman–Crippen MR) is 86.6 cm³/mol. The minimum Gasteiger partial charge on any atom is -0.494 e. The second-order valence-electron chi connectivity index (χ2n) is 6.21. The minimum absolute atomic E-state index is 0.228. The number of rotatable bonds is 7. The van der Waals surface area contributed by atoms with Crippen molar-refractivity contribution in [3.63, 3.8) is 0 Å². The summed E-state index contributed by atoms with van der Waals surface area (Å²) < 4.78 is 10.7. The Morgan fingerprint density at radius 1 is 1.22 bits per heavy atom. The van der Waals surface area contributed by atoms with Crippen LogP contribution in [0.3, 0.4) is 0 Å². The van der Waals surface area contributed by atoms with E-state index in [0.717, 1.165) is 6.42 Å². The van der Waals surface area contributed by atoms with E-state index in [0.29, 0.717) is 17.9 Å². The first-order valence-corrected chi connectivity index (χ1v) is 7.65. The summed E-state index contributed by atoms with van der Waals surface area (Å²) in [5, 5.41) is 11.6. The molecule has 1 unspecified atom stereocenters. The number of nitrogens with one attached hydrogen (secondary N) is 1. The molecule has 2 N–H and O–H groups in total. The molecule has 6 nitrogen and oxygen atoms in total. The zero-order chi connectivity index (χ0) is 17.5. The van der Waals surface area contributed by atoms with Crippen LogP contribution in [0.4, 0.5) is 4.79 Å². The molecule has 1 aromatic carbocycles. The Balaban J connectivity index is 2.80. The van der Waals surface area contributed by atoms with Gasteiger partial charge in [0.15, 0.2) is 0 Å². The molecule has 0 aliphatic heterocycles. The van der Waals surface area contributed by atoms with Crippen molar-refractivity contribution in [1.82, 2.24) is 5.32 Å². The van der Waals surface area contributed by atoms with Gasteiger partial charge < -0.3 is 19.9 Å². The minimum atomic E-state index is -1.00. The van der Waals surface area contributed by atoms with Gasteiger partial charge >= 0.3 is 12.1 Å². The van der Waals surface area contributed by atoms with E-state index >= 15 is 0 Å². The van der Waals surface area contributed by atoms with Crippen LogP contribution < -0.4 is 10.1 Å². The number of hydrogen-bond acceptors (Lipinski definition) is 4. The van der Waals surface area contributed by atoms with Crippen LogP contribution in [-0.4, -0.2) is 29.4 Å². The Kier molecular flexibility index (Phi) is 6.88. The number of amides is 1. The van der Waals surface area contributed by atoms with Crippen LogP contribution in [0.2, 0.25) is 0 Å². The molecule has 0 saturated heterocycles. The van der Waals surface area contributed by atoms with Crippen molar-refractivity contribution in [2.45, 2.75) is 52.2 Å². The second kappa shape index (κ2) is 8.41. The molecule has 23 heavy (non-hydrogen) atoms. The van der Waals surface area contributed by atoms with E-state index in [2.05, 4.69) is 5.32 Å². The molecule has 1 rings (SSSR count). The first kappa shape index (κ1) is 18.8. The van der Waals surface area contributed by atoms with Gasteiger partial charge in [-0.05, 0) is 44.9 Å². The lowest BCUT2D eigenvalue weighted by atomic mass is 10.0. The zero-order valence-electron chi connectivity index (χ0n) is 14.1. The Morgan fingerprint density at radius 2 is 1.83 bits per heavy atom. The monoisotopic (exact) mass is 323 g/mol. The molecule has 0 aromatic heterocycles. The van der Waals surface area contributed by atoms with Gasteiger partial charge in [0.05, 0.1) is 19.1 Å². The number of carboxylic acid groups (broad SMARTS) is 1. The average Bonchev–Trinajstić information content (AvgIpc) is 2.42. The number of carbonyl (C=O) groups is 2. The number of carboxylic acids is 1. The van der Waals surface area contributed by atoms with Crippen molar-refractivity contribution in [2.24, 2.45) is 0 Å². The highest BCUT2D eigenvalue weighted by molar-refractivity contribution is 5.72. The summed E-state index contributed by atoms with van der Waals surface area (Å²) in [7, 11) is 0. The van der Waals surface area contributed by atoms with Gasteiger partial charge in [0, 0.05) is 0 Å². The molecule has 6 heteroatoms. The maximum Gasteiger partial charge on any atom is 0.408 e.